The van der Waals surface area contributed by atoms with Crippen LogP contribution in [-0.2, 0) is 20.7 Å². The predicted octanol–water partition coefficient (Wildman–Crippen LogP) is 5.78. The summed E-state index contributed by atoms with van der Waals surface area (Å²) in [6.07, 6.45) is 7.66. The lowest BCUT2D eigenvalue weighted by atomic mass is 9.94. The lowest BCUT2D eigenvalue weighted by Gasteiger charge is -2.39. The first-order valence-corrected chi connectivity index (χ1v) is 14.1. The summed E-state index contributed by atoms with van der Waals surface area (Å²) >= 11 is 0. The van der Waals surface area contributed by atoms with Crippen molar-refractivity contribution in [2.24, 2.45) is 0 Å². The van der Waals surface area contributed by atoms with Crippen molar-refractivity contribution in [3.8, 4) is 12.3 Å². The van der Waals surface area contributed by atoms with E-state index in [-0.39, 0.29) is 30.3 Å². The third-order valence-electron chi connectivity index (χ3n) is 6.64. The Bertz CT molecular complexity index is 1170. The molecule has 0 spiro atoms. The summed E-state index contributed by atoms with van der Waals surface area (Å²) in [5.41, 5.74) is 1.22. The van der Waals surface area contributed by atoms with Crippen LogP contribution in [-0.4, -0.2) is 46.5 Å². The van der Waals surface area contributed by atoms with Crippen LogP contribution in [0.1, 0.15) is 90.5 Å². The Morgan fingerprint density at radius 3 is 2.17 bits per heavy atom. The molecule has 0 aliphatic carbocycles. The number of carbonyl (C=O) groups is 3. The Hall–Kier alpha value is -3.79. The number of hydrogen-bond donors (Lipinski definition) is 2. The predicted molar refractivity (Wildman–Crippen MR) is 160 cm³/mol. The first-order chi connectivity index (χ1) is 18.9. The topological polar surface area (TPSA) is 87.7 Å². The van der Waals surface area contributed by atoms with Crippen LogP contribution in [0.15, 0.2) is 54.6 Å². The maximum absolute atomic E-state index is 14.5. The van der Waals surface area contributed by atoms with Gasteiger partial charge in [0.2, 0.25) is 11.8 Å². The quantitative estimate of drug-likeness (QED) is 0.330. The highest BCUT2D eigenvalue weighted by Crippen LogP contribution is 2.29. The standard InChI is InChI=1S/C33H45N3O4/c1-9-17-23(4)34-30(37)29(27-21-16-15-20-26(27)11-3)36(24(5)10-2)31(38)28(22-25-18-13-12-14-19-25)35-32(39)40-33(6,7)8/h3,12-16,18-21,23-24,28-29H,9-10,17,22H2,1-2,4-8H3,(H,34,37)(H,35,39). The molecule has 0 aliphatic heterocycles. The zero-order chi connectivity index (χ0) is 29.9. The van der Waals surface area contributed by atoms with Gasteiger partial charge in [0.1, 0.15) is 17.7 Å². The van der Waals surface area contributed by atoms with Gasteiger partial charge in [0.05, 0.1) is 0 Å². The highest BCUT2D eigenvalue weighted by atomic mass is 16.6. The number of amides is 3. The summed E-state index contributed by atoms with van der Waals surface area (Å²) < 4.78 is 5.50. The number of ether oxygens (including phenoxy) is 1. The number of nitrogens with one attached hydrogen (secondary N) is 2. The molecule has 0 fully saturated rings. The molecule has 0 saturated heterocycles. The van der Waals surface area contributed by atoms with Crippen molar-refractivity contribution in [3.63, 3.8) is 0 Å². The van der Waals surface area contributed by atoms with Crippen LogP contribution < -0.4 is 10.6 Å². The Morgan fingerprint density at radius 1 is 0.975 bits per heavy atom. The second-order valence-electron chi connectivity index (χ2n) is 11.2. The smallest absolute Gasteiger partial charge is 0.408 e. The molecule has 216 valence electrons. The zero-order valence-electron chi connectivity index (χ0n) is 25.0. The first-order valence-electron chi connectivity index (χ1n) is 14.1. The van der Waals surface area contributed by atoms with E-state index in [0.29, 0.717) is 17.5 Å². The van der Waals surface area contributed by atoms with Gasteiger partial charge < -0.3 is 20.3 Å². The summed E-state index contributed by atoms with van der Waals surface area (Å²) in [5.74, 6) is 1.98. The number of alkyl carbamates (subject to hydrolysis) is 1. The second-order valence-corrected chi connectivity index (χ2v) is 11.2. The summed E-state index contributed by atoms with van der Waals surface area (Å²) in [5, 5.41) is 5.88. The summed E-state index contributed by atoms with van der Waals surface area (Å²) in [7, 11) is 0. The van der Waals surface area contributed by atoms with Gasteiger partial charge >= 0.3 is 6.09 Å². The SMILES string of the molecule is C#Cc1ccccc1C(C(=O)NC(C)CCC)N(C(=O)C(Cc1ccccc1)NC(=O)OC(C)(C)C)C(C)CC. The van der Waals surface area contributed by atoms with Crippen LogP contribution in [0.2, 0.25) is 0 Å². The number of rotatable bonds is 12. The average molecular weight is 548 g/mol. The molecule has 0 saturated carbocycles. The van der Waals surface area contributed by atoms with Crippen molar-refractivity contribution >= 4 is 17.9 Å². The minimum absolute atomic E-state index is 0.0908. The number of nitrogens with zero attached hydrogens (tertiary/aromatic N) is 1. The highest BCUT2D eigenvalue weighted by molar-refractivity contribution is 5.93. The van der Waals surface area contributed by atoms with Crippen LogP contribution in [0.4, 0.5) is 4.79 Å². The van der Waals surface area contributed by atoms with E-state index in [1.54, 1.807) is 37.8 Å². The van der Waals surface area contributed by atoms with Crippen LogP contribution in [0, 0.1) is 12.3 Å². The third kappa shape index (κ3) is 9.44. The summed E-state index contributed by atoms with van der Waals surface area (Å²) in [4.78, 5) is 43.0. The third-order valence-corrected chi connectivity index (χ3v) is 6.64. The Labute approximate surface area is 240 Å². The van der Waals surface area contributed by atoms with Gasteiger partial charge in [-0.25, -0.2) is 4.79 Å². The van der Waals surface area contributed by atoms with Gasteiger partial charge in [0.25, 0.3) is 0 Å². The molecule has 0 radical (unpaired) electrons. The van der Waals surface area contributed by atoms with Crippen molar-refractivity contribution in [1.29, 1.82) is 0 Å². The van der Waals surface area contributed by atoms with E-state index in [1.807, 2.05) is 63.2 Å². The molecular formula is C33H45N3O4. The molecule has 0 aliphatic rings. The van der Waals surface area contributed by atoms with Crippen LogP contribution in [0.25, 0.3) is 0 Å². The average Bonchev–Trinajstić information content (AvgIpc) is 2.90. The van der Waals surface area contributed by atoms with Crippen molar-refractivity contribution < 1.29 is 19.1 Å². The van der Waals surface area contributed by atoms with Crippen molar-refractivity contribution in [3.05, 3.63) is 71.3 Å². The molecule has 4 unspecified atom stereocenters. The molecule has 0 aromatic heterocycles. The molecule has 2 rings (SSSR count). The zero-order valence-corrected chi connectivity index (χ0v) is 25.0. The highest BCUT2D eigenvalue weighted by Gasteiger charge is 2.39. The fourth-order valence-electron chi connectivity index (χ4n) is 4.59. The molecule has 40 heavy (non-hydrogen) atoms. The maximum atomic E-state index is 14.5. The monoisotopic (exact) mass is 547 g/mol. The largest absolute Gasteiger partial charge is 0.444 e. The van der Waals surface area contributed by atoms with E-state index < -0.39 is 23.8 Å². The molecule has 0 bridgehead atoms. The van der Waals surface area contributed by atoms with Gasteiger partial charge in [-0.1, -0.05) is 74.7 Å². The van der Waals surface area contributed by atoms with Gasteiger partial charge in [-0.05, 0) is 64.7 Å². The molecule has 4 atom stereocenters. The van der Waals surface area contributed by atoms with E-state index in [4.69, 9.17) is 11.2 Å². The fourth-order valence-corrected chi connectivity index (χ4v) is 4.59. The minimum atomic E-state index is -0.993. The van der Waals surface area contributed by atoms with Gasteiger partial charge in [-0.3, -0.25) is 9.59 Å². The van der Waals surface area contributed by atoms with Crippen LogP contribution >= 0.6 is 0 Å². The first kappa shape index (κ1) is 32.4. The number of carbonyl (C=O) groups excluding carboxylic acids is 3. The maximum Gasteiger partial charge on any atom is 0.408 e. The summed E-state index contributed by atoms with van der Waals surface area (Å²) in [6.45, 7) is 13.2. The van der Waals surface area contributed by atoms with Gasteiger partial charge in [-0.2, -0.15) is 0 Å². The van der Waals surface area contributed by atoms with E-state index in [2.05, 4.69) is 23.5 Å². The van der Waals surface area contributed by atoms with Gasteiger partial charge in [-0.15, -0.1) is 6.42 Å². The fraction of sp³-hybridized carbons (Fsp3) is 0.485. The normalized spacial score (nSPS) is 14.2. The minimum Gasteiger partial charge on any atom is -0.444 e. The van der Waals surface area contributed by atoms with E-state index >= 15 is 0 Å². The van der Waals surface area contributed by atoms with E-state index in [0.717, 1.165) is 18.4 Å². The van der Waals surface area contributed by atoms with Gasteiger partial charge in [0.15, 0.2) is 0 Å². The number of terminal acetylenes is 1. The number of benzene rings is 2. The Morgan fingerprint density at radius 2 is 1.60 bits per heavy atom. The molecule has 7 heteroatoms. The molecule has 0 heterocycles. The molecule has 2 N–H and O–H groups in total. The molecule has 2 aromatic carbocycles. The van der Waals surface area contributed by atoms with E-state index in [1.165, 1.54) is 0 Å². The lowest BCUT2D eigenvalue weighted by molar-refractivity contribution is -0.145. The van der Waals surface area contributed by atoms with Gasteiger partial charge in [0, 0.05) is 24.1 Å². The van der Waals surface area contributed by atoms with Crippen molar-refractivity contribution in [2.75, 3.05) is 0 Å². The molecular weight excluding hydrogens is 502 g/mol. The molecule has 7 nitrogen and oxygen atoms in total. The van der Waals surface area contributed by atoms with Crippen molar-refractivity contribution in [1.82, 2.24) is 15.5 Å². The van der Waals surface area contributed by atoms with Crippen molar-refractivity contribution in [2.45, 2.75) is 104 Å². The Balaban J connectivity index is 2.64. The second kappa shape index (κ2) is 15.1. The molecule has 2 aromatic rings. The number of hydrogen-bond acceptors (Lipinski definition) is 4. The molecule has 3 amide bonds. The lowest BCUT2D eigenvalue weighted by Crippen LogP contribution is -2.56. The van der Waals surface area contributed by atoms with E-state index in [9.17, 15) is 14.4 Å². The van der Waals surface area contributed by atoms with Crippen LogP contribution in [0.3, 0.4) is 0 Å². The Kier molecular flexibility index (Phi) is 12.3. The van der Waals surface area contributed by atoms with Crippen LogP contribution in [0.5, 0.6) is 0 Å². The summed E-state index contributed by atoms with van der Waals surface area (Å²) in [6, 6.07) is 14.2.